The third kappa shape index (κ3) is 3.39. The van der Waals surface area contributed by atoms with Crippen LogP contribution in [-0.4, -0.2) is 10.2 Å². The Balaban J connectivity index is 1.93. The molecule has 0 amide bonds. The summed E-state index contributed by atoms with van der Waals surface area (Å²) >= 11 is 5.21. The first-order chi connectivity index (χ1) is 8.79. The first kappa shape index (κ1) is 12.7. The lowest BCUT2D eigenvalue weighted by atomic mass is 10.1. The van der Waals surface area contributed by atoms with Crippen molar-refractivity contribution in [3.05, 3.63) is 71.3 Å². The summed E-state index contributed by atoms with van der Waals surface area (Å²) in [7, 11) is 0. The predicted octanol–water partition coefficient (Wildman–Crippen LogP) is 3.07. The van der Waals surface area contributed by atoms with Crippen molar-refractivity contribution in [2.45, 2.75) is 13.2 Å². The topological polar surface area (TPSA) is 29.5 Å². The Kier molecular flexibility index (Phi) is 4.45. The third-order valence-electron chi connectivity index (χ3n) is 2.58. The number of benzene rings is 2. The van der Waals surface area contributed by atoms with Crippen LogP contribution in [0.1, 0.15) is 16.7 Å². The summed E-state index contributed by atoms with van der Waals surface area (Å²) in [6.07, 6.45) is 0. The Morgan fingerprint density at radius 3 is 2.17 bits per heavy atom. The molecule has 18 heavy (non-hydrogen) atoms. The van der Waals surface area contributed by atoms with Crippen molar-refractivity contribution in [3.63, 3.8) is 0 Å². The molecule has 1 N–H and O–H groups in total. The molecule has 0 saturated carbocycles. The Morgan fingerprint density at radius 2 is 1.56 bits per heavy atom. The molecular formula is C15H14O2S. The van der Waals surface area contributed by atoms with E-state index in [2.05, 4.69) is 0 Å². The summed E-state index contributed by atoms with van der Waals surface area (Å²) in [5.74, 6) is 0. The molecule has 0 fully saturated rings. The van der Waals surface area contributed by atoms with Crippen LogP contribution in [-0.2, 0) is 18.0 Å². The minimum Gasteiger partial charge on any atom is -0.478 e. The van der Waals surface area contributed by atoms with Crippen molar-refractivity contribution in [3.8, 4) is 0 Å². The van der Waals surface area contributed by atoms with Crippen molar-refractivity contribution in [2.24, 2.45) is 0 Å². The zero-order valence-corrected chi connectivity index (χ0v) is 10.7. The van der Waals surface area contributed by atoms with Gasteiger partial charge in [-0.2, -0.15) is 0 Å². The van der Waals surface area contributed by atoms with Crippen LogP contribution in [0.4, 0.5) is 0 Å². The van der Waals surface area contributed by atoms with E-state index in [9.17, 15) is 0 Å². The first-order valence-corrected chi connectivity index (χ1v) is 6.11. The number of hydrogen-bond donors (Lipinski definition) is 1. The lowest BCUT2D eigenvalue weighted by Gasteiger charge is -2.08. The fraction of sp³-hybridized carbons (Fsp3) is 0.133. The molecule has 0 unspecified atom stereocenters. The summed E-state index contributed by atoms with van der Waals surface area (Å²) in [6.45, 7) is 0.503. The average molecular weight is 258 g/mol. The van der Waals surface area contributed by atoms with Gasteiger partial charge in [0.05, 0.1) is 6.61 Å². The van der Waals surface area contributed by atoms with Crippen molar-refractivity contribution in [1.29, 1.82) is 0 Å². The molecule has 2 rings (SSSR count). The van der Waals surface area contributed by atoms with E-state index in [0.717, 1.165) is 16.7 Å². The minimum atomic E-state index is 0.0591. The summed E-state index contributed by atoms with van der Waals surface area (Å²) < 4.78 is 5.56. The molecule has 3 heteroatoms. The molecule has 0 spiro atoms. The van der Waals surface area contributed by atoms with Crippen LogP contribution in [0.15, 0.2) is 54.6 Å². The lowest BCUT2D eigenvalue weighted by molar-refractivity contribution is 0.281. The maximum absolute atomic E-state index is 8.94. The van der Waals surface area contributed by atoms with E-state index in [1.165, 1.54) is 0 Å². The molecule has 0 heterocycles. The van der Waals surface area contributed by atoms with Gasteiger partial charge in [0.2, 0.25) is 0 Å². The van der Waals surface area contributed by atoms with E-state index >= 15 is 0 Å². The second-order valence-electron chi connectivity index (χ2n) is 3.92. The van der Waals surface area contributed by atoms with Crippen molar-refractivity contribution in [2.75, 3.05) is 0 Å². The van der Waals surface area contributed by atoms with Gasteiger partial charge < -0.3 is 9.84 Å². The van der Waals surface area contributed by atoms with E-state index in [1.807, 2.05) is 54.6 Å². The summed E-state index contributed by atoms with van der Waals surface area (Å²) in [5, 5.41) is 9.44. The number of thiocarbonyl (C=S) groups is 1. The van der Waals surface area contributed by atoms with E-state index in [-0.39, 0.29) is 6.61 Å². The molecule has 0 aliphatic carbocycles. The predicted molar refractivity (Wildman–Crippen MR) is 75.3 cm³/mol. The quantitative estimate of drug-likeness (QED) is 0.855. The third-order valence-corrected chi connectivity index (χ3v) is 2.94. The molecule has 0 aliphatic heterocycles. The normalized spacial score (nSPS) is 10.1. The molecule has 2 aromatic carbocycles. The van der Waals surface area contributed by atoms with Crippen LogP contribution >= 0.6 is 12.2 Å². The number of hydrogen-bond acceptors (Lipinski definition) is 3. The van der Waals surface area contributed by atoms with Crippen LogP contribution in [0.3, 0.4) is 0 Å². The van der Waals surface area contributed by atoms with Gasteiger partial charge in [0.25, 0.3) is 0 Å². The highest BCUT2D eigenvalue weighted by Crippen LogP contribution is 2.09. The van der Waals surface area contributed by atoms with Gasteiger partial charge in [-0.3, -0.25) is 0 Å². The van der Waals surface area contributed by atoms with Crippen LogP contribution in [0, 0.1) is 0 Å². The largest absolute Gasteiger partial charge is 0.478 e. The molecule has 2 nitrogen and oxygen atoms in total. The Bertz CT molecular complexity index is 506. The standard InChI is InChI=1S/C15H14O2S/c16-10-12-6-8-13(9-7-12)11-17-15(18)14-4-2-1-3-5-14/h1-9,16H,10-11H2. The van der Waals surface area contributed by atoms with Crippen molar-refractivity contribution >= 4 is 17.3 Å². The van der Waals surface area contributed by atoms with Gasteiger partial charge in [-0.15, -0.1) is 0 Å². The van der Waals surface area contributed by atoms with E-state index < -0.39 is 0 Å². The van der Waals surface area contributed by atoms with Gasteiger partial charge in [0, 0.05) is 5.56 Å². The summed E-state index contributed by atoms with van der Waals surface area (Å²) in [6, 6.07) is 17.3. The second kappa shape index (κ2) is 6.28. The molecule has 0 aromatic heterocycles. The highest BCUT2D eigenvalue weighted by Gasteiger charge is 2.01. The molecule has 0 aliphatic rings. The maximum atomic E-state index is 8.94. The van der Waals surface area contributed by atoms with E-state index in [1.54, 1.807) is 0 Å². The van der Waals surface area contributed by atoms with Crippen molar-refractivity contribution in [1.82, 2.24) is 0 Å². The molecule has 0 atom stereocenters. The highest BCUT2D eigenvalue weighted by molar-refractivity contribution is 7.80. The van der Waals surface area contributed by atoms with Crippen LogP contribution in [0.2, 0.25) is 0 Å². The second-order valence-corrected chi connectivity index (χ2v) is 4.29. The van der Waals surface area contributed by atoms with Crippen molar-refractivity contribution < 1.29 is 9.84 Å². The monoisotopic (exact) mass is 258 g/mol. The van der Waals surface area contributed by atoms with Gasteiger partial charge in [0.15, 0.2) is 5.05 Å². The minimum absolute atomic E-state index is 0.0591. The molecule has 0 bridgehead atoms. The van der Waals surface area contributed by atoms with Gasteiger partial charge in [-0.05, 0) is 23.3 Å². The number of rotatable bonds is 4. The van der Waals surface area contributed by atoms with E-state index in [0.29, 0.717) is 11.7 Å². The molecule has 0 radical (unpaired) electrons. The maximum Gasteiger partial charge on any atom is 0.191 e. The van der Waals surface area contributed by atoms with Gasteiger partial charge in [-0.1, -0.05) is 54.6 Å². The van der Waals surface area contributed by atoms with Crippen LogP contribution in [0.25, 0.3) is 0 Å². The van der Waals surface area contributed by atoms with Crippen LogP contribution in [0.5, 0.6) is 0 Å². The van der Waals surface area contributed by atoms with Gasteiger partial charge in [0.1, 0.15) is 6.61 Å². The Labute approximate surface area is 112 Å². The SMILES string of the molecule is OCc1ccc(COC(=S)c2ccccc2)cc1. The molecule has 92 valence electrons. The summed E-state index contributed by atoms with van der Waals surface area (Å²) in [4.78, 5) is 0. The fourth-order valence-corrected chi connectivity index (χ4v) is 1.74. The van der Waals surface area contributed by atoms with Crippen LogP contribution < -0.4 is 0 Å². The molecule has 0 saturated heterocycles. The zero-order chi connectivity index (χ0) is 12.8. The lowest BCUT2D eigenvalue weighted by Crippen LogP contribution is -2.03. The Morgan fingerprint density at radius 1 is 0.944 bits per heavy atom. The van der Waals surface area contributed by atoms with E-state index in [4.69, 9.17) is 22.1 Å². The highest BCUT2D eigenvalue weighted by atomic mass is 32.1. The Hall–Kier alpha value is -1.71. The molecule has 2 aromatic rings. The smallest absolute Gasteiger partial charge is 0.191 e. The number of ether oxygens (including phenoxy) is 1. The van der Waals surface area contributed by atoms with Gasteiger partial charge >= 0.3 is 0 Å². The molecular weight excluding hydrogens is 244 g/mol. The van der Waals surface area contributed by atoms with Gasteiger partial charge in [-0.25, -0.2) is 0 Å². The average Bonchev–Trinajstić information content (AvgIpc) is 2.46. The summed E-state index contributed by atoms with van der Waals surface area (Å²) in [5.41, 5.74) is 2.84. The fourth-order valence-electron chi connectivity index (χ4n) is 1.55. The zero-order valence-electron chi connectivity index (χ0n) is 9.87. The first-order valence-electron chi connectivity index (χ1n) is 5.70. The number of aliphatic hydroxyl groups is 1. The number of aliphatic hydroxyl groups excluding tert-OH is 1.